The lowest BCUT2D eigenvalue weighted by Gasteiger charge is -2.25. The molecule has 6 aromatic rings. The lowest BCUT2D eigenvalue weighted by molar-refractivity contribution is 0.234. The van der Waals surface area contributed by atoms with Crippen molar-refractivity contribution in [3.05, 3.63) is 120 Å². The van der Waals surface area contributed by atoms with E-state index in [0.717, 1.165) is 91.4 Å². The van der Waals surface area contributed by atoms with E-state index in [0.29, 0.717) is 0 Å². The highest BCUT2D eigenvalue weighted by atomic mass is 35.5. The second kappa shape index (κ2) is 25.1. The molecule has 6 N–H and O–H groups in total. The highest BCUT2D eigenvalue weighted by Crippen LogP contribution is 2.29. The number of hydrogen-bond acceptors (Lipinski definition) is 6. The number of rotatable bonds is 25. The number of unbranched alkanes of at least 4 members (excludes halogenated alkanes) is 3. The summed E-state index contributed by atoms with van der Waals surface area (Å²) in [7, 11) is 0. The molecule has 0 aromatic heterocycles. The summed E-state index contributed by atoms with van der Waals surface area (Å²) in [6.07, 6.45) is 9.39. The Morgan fingerprint density at radius 1 is 0.375 bits per heavy atom. The summed E-state index contributed by atoms with van der Waals surface area (Å²) in [6, 6.07) is 39.8. The zero-order valence-electron chi connectivity index (χ0n) is 33.4. The minimum atomic E-state index is 0. The third-order valence-corrected chi connectivity index (χ3v) is 11.1. The molecule has 56 heavy (non-hydrogen) atoms. The number of fused-ring (bicyclic) bond motifs is 4. The van der Waals surface area contributed by atoms with Crippen molar-refractivity contribution < 1.29 is 0 Å². The molecule has 0 radical (unpaired) electrons. The van der Waals surface area contributed by atoms with Crippen molar-refractivity contribution in [2.45, 2.75) is 64.5 Å². The first-order chi connectivity index (χ1) is 26.7. The molecular weight excluding hydrogens is 731 g/mol. The Bertz CT molecular complexity index is 1770. The van der Waals surface area contributed by atoms with E-state index >= 15 is 0 Å². The molecule has 0 amide bonds. The molecule has 302 valence electrons. The van der Waals surface area contributed by atoms with Crippen LogP contribution in [-0.4, -0.2) is 75.2 Å². The van der Waals surface area contributed by atoms with Crippen LogP contribution in [0.4, 0.5) is 0 Å². The van der Waals surface area contributed by atoms with Gasteiger partial charge >= 0.3 is 0 Å². The number of benzene rings is 6. The van der Waals surface area contributed by atoms with E-state index in [9.17, 15) is 0 Å². The van der Waals surface area contributed by atoms with Gasteiger partial charge in [0.05, 0.1) is 0 Å². The van der Waals surface area contributed by atoms with Gasteiger partial charge in [-0.1, -0.05) is 97.1 Å². The molecule has 6 rings (SSSR count). The van der Waals surface area contributed by atoms with Gasteiger partial charge in [-0.15, -0.1) is 24.8 Å². The number of nitrogens with two attached hydrogens (primary N) is 2. The molecule has 0 aliphatic rings. The molecular formula is C48H66Cl2N6. The Morgan fingerprint density at radius 3 is 0.982 bits per heavy atom. The van der Waals surface area contributed by atoms with Gasteiger partial charge in [0.2, 0.25) is 0 Å². The molecule has 6 aromatic carbocycles. The standard InChI is InChI=1S/C48H64N6.2ClH/c49-25-15-33-53(29-11-9-27-51-37-47-43-21-5-1-17-39(43)35-40-18-2-6-22-44(40)47)31-13-14-32-54(34-16-26-50)30-12-10-28-52-38-48-45-23-7-3-19-41(45)36-42-20-4-8-24-46(42)48;;/h1-8,17-24,35-36,51-52H,9-16,25-34,37-38,49-50H2;2*1H. The number of halogens is 2. The topological polar surface area (TPSA) is 82.6 Å². The van der Waals surface area contributed by atoms with E-state index in [1.807, 2.05) is 0 Å². The highest BCUT2D eigenvalue weighted by molar-refractivity contribution is 6.03. The van der Waals surface area contributed by atoms with E-state index in [4.69, 9.17) is 11.5 Å². The molecule has 0 spiro atoms. The second-order valence-electron chi connectivity index (χ2n) is 15.0. The van der Waals surface area contributed by atoms with Gasteiger partial charge in [-0.3, -0.25) is 0 Å². The molecule has 0 fully saturated rings. The molecule has 0 unspecified atom stereocenters. The Morgan fingerprint density at radius 2 is 0.661 bits per heavy atom. The van der Waals surface area contributed by atoms with Crippen molar-refractivity contribution in [2.75, 3.05) is 65.4 Å². The van der Waals surface area contributed by atoms with Gasteiger partial charge in [0.1, 0.15) is 0 Å². The largest absolute Gasteiger partial charge is 0.330 e. The van der Waals surface area contributed by atoms with Crippen molar-refractivity contribution in [2.24, 2.45) is 11.5 Å². The van der Waals surface area contributed by atoms with Crippen LogP contribution < -0.4 is 22.1 Å². The SMILES string of the molecule is Cl.Cl.NCCCN(CCCCNCc1c2ccccc2cc2ccccc12)CCCCN(CCCN)CCCCNCc1c2ccccc2cc2ccccc12. The maximum absolute atomic E-state index is 5.94. The summed E-state index contributed by atoms with van der Waals surface area (Å²) in [5.41, 5.74) is 14.7. The maximum Gasteiger partial charge on any atom is 0.0217 e. The van der Waals surface area contributed by atoms with E-state index < -0.39 is 0 Å². The second-order valence-corrected chi connectivity index (χ2v) is 15.0. The van der Waals surface area contributed by atoms with Crippen LogP contribution in [0.15, 0.2) is 109 Å². The number of nitrogens with one attached hydrogen (secondary N) is 2. The third kappa shape index (κ3) is 13.1. The average Bonchev–Trinajstić information content (AvgIpc) is 3.21. The summed E-state index contributed by atoms with van der Waals surface area (Å²) in [5, 5.41) is 18.3. The first-order valence-corrected chi connectivity index (χ1v) is 20.8. The zero-order valence-corrected chi connectivity index (χ0v) is 35.0. The lowest BCUT2D eigenvalue weighted by atomic mass is 9.97. The summed E-state index contributed by atoms with van der Waals surface area (Å²) in [5.74, 6) is 0. The molecule has 6 nitrogen and oxygen atoms in total. The molecule has 0 bridgehead atoms. The molecule has 0 heterocycles. The van der Waals surface area contributed by atoms with Gasteiger partial charge in [-0.25, -0.2) is 0 Å². The van der Waals surface area contributed by atoms with Crippen LogP contribution in [0.1, 0.15) is 62.5 Å². The van der Waals surface area contributed by atoms with E-state index in [2.05, 4.69) is 130 Å². The minimum Gasteiger partial charge on any atom is -0.330 e. The maximum atomic E-state index is 5.94. The fraction of sp³-hybridized carbons (Fsp3) is 0.417. The van der Waals surface area contributed by atoms with Crippen LogP contribution in [0.5, 0.6) is 0 Å². The normalized spacial score (nSPS) is 11.6. The van der Waals surface area contributed by atoms with Crippen molar-refractivity contribution in [3.8, 4) is 0 Å². The predicted octanol–water partition coefficient (Wildman–Crippen LogP) is 9.66. The Kier molecular flexibility index (Phi) is 20.4. The number of hydrogen-bond donors (Lipinski definition) is 4. The van der Waals surface area contributed by atoms with Gasteiger partial charge in [-0.2, -0.15) is 0 Å². The quantitative estimate of drug-likeness (QED) is 0.0342. The van der Waals surface area contributed by atoms with E-state index in [1.165, 1.54) is 92.7 Å². The molecule has 0 atom stereocenters. The average molecular weight is 798 g/mol. The Hall–Kier alpha value is -3.30. The Labute approximate surface area is 348 Å². The molecule has 0 aliphatic heterocycles. The van der Waals surface area contributed by atoms with Crippen molar-refractivity contribution in [3.63, 3.8) is 0 Å². The van der Waals surface area contributed by atoms with E-state index in [-0.39, 0.29) is 24.8 Å². The van der Waals surface area contributed by atoms with Crippen LogP contribution in [0.2, 0.25) is 0 Å². The molecule has 8 heteroatoms. The minimum absolute atomic E-state index is 0. The fourth-order valence-corrected chi connectivity index (χ4v) is 8.17. The van der Waals surface area contributed by atoms with Crippen LogP contribution >= 0.6 is 24.8 Å². The van der Waals surface area contributed by atoms with Crippen molar-refractivity contribution in [1.82, 2.24) is 20.4 Å². The summed E-state index contributed by atoms with van der Waals surface area (Å²) < 4.78 is 0. The molecule has 0 saturated carbocycles. The Balaban J connectivity index is 0.00000348. The van der Waals surface area contributed by atoms with Gasteiger partial charge in [0.25, 0.3) is 0 Å². The van der Waals surface area contributed by atoms with Gasteiger partial charge in [0, 0.05) is 13.1 Å². The number of nitrogens with zero attached hydrogens (tertiary/aromatic N) is 2. The van der Waals surface area contributed by atoms with Crippen molar-refractivity contribution in [1.29, 1.82) is 0 Å². The van der Waals surface area contributed by atoms with Crippen LogP contribution in [0, 0.1) is 0 Å². The summed E-state index contributed by atoms with van der Waals surface area (Å²) >= 11 is 0. The monoisotopic (exact) mass is 796 g/mol. The smallest absolute Gasteiger partial charge is 0.0217 e. The third-order valence-electron chi connectivity index (χ3n) is 11.1. The van der Waals surface area contributed by atoms with Crippen LogP contribution in [0.25, 0.3) is 43.1 Å². The zero-order chi connectivity index (χ0) is 37.2. The van der Waals surface area contributed by atoms with Crippen molar-refractivity contribution >= 4 is 67.9 Å². The van der Waals surface area contributed by atoms with Crippen LogP contribution in [0.3, 0.4) is 0 Å². The van der Waals surface area contributed by atoms with Crippen LogP contribution in [-0.2, 0) is 13.1 Å². The summed E-state index contributed by atoms with van der Waals surface area (Å²) in [6.45, 7) is 12.2. The predicted molar refractivity (Wildman–Crippen MR) is 249 cm³/mol. The van der Waals surface area contributed by atoms with Gasteiger partial charge < -0.3 is 31.9 Å². The van der Waals surface area contributed by atoms with Gasteiger partial charge in [-0.05, 0) is 183 Å². The van der Waals surface area contributed by atoms with Gasteiger partial charge in [0.15, 0.2) is 0 Å². The molecule has 0 saturated heterocycles. The first kappa shape index (κ1) is 45.4. The molecule has 0 aliphatic carbocycles. The highest BCUT2D eigenvalue weighted by Gasteiger charge is 2.11. The summed E-state index contributed by atoms with van der Waals surface area (Å²) in [4.78, 5) is 5.31. The first-order valence-electron chi connectivity index (χ1n) is 20.8. The lowest BCUT2D eigenvalue weighted by Crippen LogP contribution is -2.31. The van der Waals surface area contributed by atoms with E-state index in [1.54, 1.807) is 0 Å². The fourth-order valence-electron chi connectivity index (χ4n) is 8.17.